The van der Waals surface area contributed by atoms with Crippen molar-refractivity contribution in [1.82, 2.24) is 10.7 Å². The maximum atomic E-state index is 7.34. The van der Waals surface area contributed by atoms with Gasteiger partial charge in [-0.3, -0.25) is 0 Å². The van der Waals surface area contributed by atoms with Gasteiger partial charge < -0.3 is 10.7 Å². The van der Waals surface area contributed by atoms with Crippen LogP contribution in [0.15, 0.2) is 24.4 Å². The molecular weight excluding hydrogens is 160 g/mol. The second kappa shape index (κ2) is 2.17. The van der Waals surface area contributed by atoms with Crippen LogP contribution in [0, 0.1) is 0 Å². The Morgan fingerprint density at radius 3 is 3.00 bits per heavy atom. The zero-order valence-electron chi connectivity index (χ0n) is 5.69. The summed E-state index contributed by atoms with van der Waals surface area (Å²) in [6.07, 6.45) is 1.73. The summed E-state index contributed by atoms with van der Waals surface area (Å²) in [5, 5.41) is 1.59. The molecule has 0 bridgehead atoms. The fourth-order valence-electron chi connectivity index (χ4n) is 1.09. The molecule has 2 aromatic rings. The molecule has 0 saturated heterocycles. The van der Waals surface area contributed by atoms with Gasteiger partial charge in [-0.1, -0.05) is 11.6 Å². The van der Waals surface area contributed by atoms with Gasteiger partial charge in [0.25, 0.3) is 0 Å². The van der Waals surface area contributed by atoms with Gasteiger partial charge in [0.2, 0.25) is 0 Å². The number of H-pyrrole nitrogens is 1. The van der Waals surface area contributed by atoms with E-state index in [1.807, 2.05) is 6.07 Å². The standard InChI is InChI=1S/C8H6ClN2/c9-7-4-11-8-2-1-5(10)3-6(7)8/h1-4,10-11H. The lowest BCUT2D eigenvalue weighted by Crippen LogP contribution is -1.69. The van der Waals surface area contributed by atoms with E-state index in [1.165, 1.54) is 0 Å². The van der Waals surface area contributed by atoms with Crippen LogP contribution in [0.1, 0.15) is 0 Å². The van der Waals surface area contributed by atoms with Gasteiger partial charge >= 0.3 is 0 Å². The number of nitrogens with one attached hydrogen (secondary N) is 2. The Morgan fingerprint density at radius 1 is 1.36 bits per heavy atom. The Morgan fingerprint density at radius 2 is 2.18 bits per heavy atom. The van der Waals surface area contributed by atoms with Crippen LogP contribution in [-0.2, 0) is 0 Å². The average molecular weight is 166 g/mol. The van der Waals surface area contributed by atoms with E-state index in [-0.39, 0.29) is 0 Å². The fourth-order valence-corrected chi connectivity index (χ4v) is 1.30. The molecule has 0 aliphatic heterocycles. The highest BCUT2D eigenvalue weighted by Crippen LogP contribution is 2.24. The minimum absolute atomic E-state index is 0.485. The summed E-state index contributed by atoms with van der Waals surface area (Å²) in [4.78, 5) is 3.00. The van der Waals surface area contributed by atoms with Crippen LogP contribution < -0.4 is 5.73 Å². The topological polar surface area (TPSA) is 39.6 Å². The highest BCUT2D eigenvalue weighted by atomic mass is 35.5. The molecule has 2 rings (SSSR count). The minimum atomic E-state index is 0.485. The Bertz CT molecular complexity index is 392. The van der Waals surface area contributed by atoms with E-state index in [0.29, 0.717) is 10.7 Å². The Hall–Kier alpha value is -1.15. The summed E-state index contributed by atoms with van der Waals surface area (Å²) in [7, 11) is 0. The lowest BCUT2D eigenvalue weighted by Gasteiger charge is -1.91. The van der Waals surface area contributed by atoms with Crippen molar-refractivity contribution >= 4 is 28.2 Å². The average Bonchev–Trinajstić information content (AvgIpc) is 2.33. The van der Waals surface area contributed by atoms with Crippen LogP contribution in [0.4, 0.5) is 5.69 Å². The van der Waals surface area contributed by atoms with E-state index in [0.717, 1.165) is 10.9 Å². The van der Waals surface area contributed by atoms with Gasteiger partial charge in [0.05, 0.1) is 10.7 Å². The molecule has 11 heavy (non-hydrogen) atoms. The van der Waals surface area contributed by atoms with E-state index in [1.54, 1.807) is 18.3 Å². The maximum Gasteiger partial charge on any atom is 0.0659 e. The molecular formula is C8H6ClN2. The maximum absolute atomic E-state index is 7.34. The van der Waals surface area contributed by atoms with Gasteiger partial charge in [0.1, 0.15) is 0 Å². The first-order valence-electron chi connectivity index (χ1n) is 3.25. The third-order valence-corrected chi connectivity index (χ3v) is 1.94. The highest BCUT2D eigenvalue weighted by Gasteiger charge is 1.99. The predicted molar refractivity (Wildman–Crippen MR) is 46.1 cm³/mol. The molecule has 0 aliphatic carbocycles. The zero-order chi connectivity index (χ0) is 7.84. The van der Waals surface area contributed by atoms with Crippen molar-refractivity contribution in [3.8, 4) is 0 Å². The SMILES string of the molecule is [NH]c1ccc2[nH]cc(Cl)c2c1. The number of aromatic nitrogens is 1. The van der Waals surface area contributed by atoms with Gasteiger partial charge in [-0.2, -0.15) is 0 Å². The molecule has 1 aromatic heterocycles. The molecule has 3 heteroatoms. The zero-order valence-corrected chi connectivity index (χ0v) is 6.44. The number of benzene rings is 1. The van der Waals surface area contributed by atoms with E-state index >= 15 is 0 Å². The number of hydrogen-bond acceptors (Lipinski definition) is 0. The van der Waals surface area contributed by atoms with Crippen LogP contribution in [-0.4, -0.2) is 4.98 Å². The quantitative estimate of drug-likeness (QED) is 0.624. The second-order valence-corrected chi connectivity index (χ2v) is 2.80. The van der Waals surface area contributed by atoms with Crippen molar-refractivity contribution in [3.63, 3.8) is 0 Å². The van der Waals surface area contributed by atoms with Crippen LogP contribution in [0.5, 0.6) is 0 Å². The van der Waals surface area contributed by atoms with Crippen LogP contribution in [0.2, 0.25) is 5.02 Å². The third-order valence-electron chi connectivity index (χ3n) is 1.63. The van der Waals surface area contributed by atoms with Crippen LogP contribution >= 0.6 is 11.6 Å². The van der Waals surface area contributed by atoms with Gasteiger partial charge in [-0.15, -0.1) is 0 Å². The Labute approximate surface area is 69.0 Å². The molecule has 55 valence electrons. The minimum Gasteiger partial charge on any atom is -0.360 e. The van der Waals surface area contributed by atoms with Crippen LogP contribution in [0.25, 0.3) is 10.9 Å². The van der Waals surface area contributed by atoms with Gasteiger partial charge in [0.15, 0.2) is 0 Å². The van der Waals surface area contributed by atoms with Crippen molar-refractivity contribution in [2.24, 2.45) is 0 Å². The molecule has 0 saturated carbocycles. The number of fused-ring (bicyclic) bond motifs is 1. The number of rotatable bonds is 0. The summed E-state index contributed by atoms with van der Waals surface area (Å²) in [5.74, 6) is 0. The first-order chi connectivity index (χ1) is 5.27. The molecule has 0 unspecified atom stereocenters. The Balaban J connectivity index is 2.87. The van der Waals surface area contributed by atoms with Gasteiger partial charge in [0, 0.05) is 17.1 Å². The molecule has 0 amide bonds. The lowest BCUT2D eigenvalue weighted by atomic mass is 10.2. The summed E-state index contributed by atoms with van der Waals surface area (Å²) < 4.78 is 0. The van der Waals surface area contributed by atoms with Crippen molar-refractivity contribution in [1.29, 1.82) is 0 Å². The molecule has 1 aromatic carbocycles. The van der Waals surface area contributed by atoms with Crippen molar-refractivity contribution in [2.45, 2.75) is 0 Å². The van der Waals surface area contributed by atoms with Gasteiger partial charge in [-0.05, 0) is 18.2 Å². The monoisotopic (exact) mass is 165 g/mol. The predicted octanol–water partition coefficient (Wildman–Crippen LogP) is 2.74. The molecule has 1 radical (unpaired) electrons. The van der Waals surface area contributed by atoms with E-state index < -0.39 is 0 Å². The normalized spacial score (nSPS) is 10.6. The van der Waals surface area contributed by atoms with E-state index in [4.69, 9.17) is 17.3 Å². The molecule has 0 aliphatic rings. The fraction of sp³-hybridized carbons (Fsp3) is 0. The third kappa shape index (κ3) is 0.955. The first kappa shape index (κ1) is 6.55. The summed E-state index contributed by atoms with van der Waals surface area (Å²) in [6.45, 7) is 0. The summed E-state index contributed by atoms with van der Waals surface area (Å²) in [6, 6.07) is 5.33. The molecule has 1 heterocycles. The summed E-state index contributed by atoms with van der Waals surface area (Å²) >= 11 is 5.83. The van der Waals surface area contributed by atoms with Crippen molar-refractivity contribution < 1.29 is 0 Å². The first-order valence-corrected chi connectivity index (χ1v) is 3.63. The number of aromatic amines is 1. The largest absolute Gasteiger partial charge is 0.360 e. The summed E-state index contributed by atoms with van der Waals surface area (Å²) in [5.41, 5.74) is 8.80. The van der Waals surface area contributed by atoms with E-state index in [2.05, 4.69) is 4.98 Å². The molecule has 0 spiro atoms. The van der Waals surface area contributed by atoms with Crippen LogP contribution in [0.3, 0.4) is 0 Å². The lowest BCUT2D eigenvalue weighted by molar-refractivity contribution is 1.46. The highest BCUT2D eigenvalue weighted by molar-refractivity contribution is 6.35. The Kier molecular flexibility index (Phi) is 1.29. The van der Waals surface area contributed by atoms with Gasteiger partial charge in [-0.25, -0.2) is 0 Å². The molecule has 2 nitrogen and oxygen atoms in total. The number of hydrogen-bond donors (Lipinski definition) is 1. The number of halogens is 1. The van der Waals surface area contributed by atoms with E-state index in [9.17, 15) is 0 Å². The second-order valence-electron chi connectivity index (χ2n) is 2.40. The molecule has 0 fully saturated rings. The molecule has 0 atom stereocenters. The molecule has 2 N–H and O–H groups in total. The van der Waals surface area contributed by atoms with Crippen molar-refractivity contribution in [2.75, 3.05) is 0 Å². The smallest absolute Gasteiger partial charge is 0.0659 e. The van der Waals surface area contributed by atoms with Crippen molar-refractivity contribution in [3.05, 3.63) is 29.4 Å².